The van der Waals surface area contributed by atoms with E-state index >= 15 is 0 Å². The van der Waals surface area contributed by atoms with Crippen molar-refractivity contribution in [3.63, 3.8) is 0 Å². The highest BCUT2D eigenvalue weighted by Crippen LogP contribution is 2.38. The maximum atomic E-state index is 13.3. The average Bonchev–Trinajstić information content (AvgIpc) is 3.47. The Bertz CT molecular complexity index is 1410. The molecule has 0 fully saturated rings. The van der Waals surface area contributed by atoms with Gasteiger partial charge in [-0.05, 0) is 23.8 Å². The molecular weight excluding hydrogens is 492 g/mol. The standard InChI is InChI=1S/C24H17ClN4O3S2/c25-18-9-2-1-8-17(18)21-13-20(15-6-5-7-16(12-15)29(31)32)27-28(21)23(30)14-33-24-26-19-10-3-4-11-22(19)34-24/h1-12,21H,13-14H2. The quantitative estimate of drug-likeness (QED) is 0.172. The maximum absolute atomic E-state index is 13.3. The summed E-state index contributed by atoms with van der Waals surface area (Å²) in [6.45, 7) is 0. The van der Waals surface area contributed by atoms with Gasteiger partial charge in [0, 0.05) is 29.1 Å². The molecule has 0 radical (unpaired) electrons. The van der Waals surface area contributed by atoms with Crippen LogP contribution in [0.2, 0.25) is 5.02 Å². The Hall–Kier alpha value is -3.27. The largest absolute Gasteiger partial charge is 0.272 e. The van der Waals surface area contributed by atoms with Crippen LogP contribution in [-0.4, -0.2) is 32.3 Å². The summed E-state index contributed by atoms with van der Waals surface area (Å²) >= 11 is 9.38. The number of carbonyl (C=O) groups excluding carboxylic acids is 1. The predicted molar refractivity (Wildman–Crippen MR) is 136 cm³/mol. The zero-order valence-electron chi connectivity index (χ0n) is 17.6. The minimum Gasteiger partial charge on any atom is -0.272 e. The fraction of sp³-hybridized carbons (Fsp3) is 0.125. The second-order valence-electron chi connectivity index (χ2n) is 7.57. The number of hydrazone groups is 1. The molecule has 2 heterocycles. The van der Waals surface area contributed by atoms with Crippen LogP contribution in [0.1, 0.15) is 23.6 Å². The third-order valence-corrected chi connectivity index (χ3v) is 7.92. The Balaban J connectivity index is 1.43. The van der Waals surface area contributed by atoms with Crippen LogP contribution in [-0.2, 0) is 4.79 Å². The molecule has 1 aliphatic heterocycles. The summed E-state index contributed by atoms with van der Waals surface area (Å²) in [6, 6.07) is 21.1. The fourth-order valence-electron chi connectivity index (χ4n) is 3.80. The molecule has 10 heteroatoms. The normalized spacial score (nSPS) is 15.5. The number of thiazole rings is 1. The first-order valence-corrected chi connectivity index (χ1v) is 12.5. The summed E-state index contributed by atoms with van der Waals surface area (Å²) < 4.78 is 1.88. The summed E-state index contributed by atoms with van der Waals surface area (Å²) in [6.07, 6.45) is 0.405. The summed E-state index contributed by atoms with van der Waals surface area (Å²) in [5.74, 6) is -0.0263. The zero-order chi connectivity index (χ0) is 23.7. The molecule has 3 aromatic carbocycles. The smallest absolute Gasteiger partial charge is 0.270 e. The van der Waals surface area contributed by atoms with Crippen LogP contribution in [0.5, 0.6) is 0 Å². The minimum atomic E-state index is -0.442. The topological polar surface area (TPSA) is 88.7 Å². The van der Waals surface area contributed by atoms with Gasteiger partial charge in [0.05, 0.1) is 32.6 Å². The van der Waals surface area contributed by atoms with E-state index in [9.17, 15) is 14.9 Å². The molecule has 0 N–H and O–H groups in total. The van der Waals surface area contributed by atoms with Crippen molar-refractivity contribution in [1.29, 1.82) is 0 Å². The second kappa shape index (κ2) is 9.54. The van der Waals surface area contributed by atoms with Gasteiger partial charge in [0.15, 0.2) is 4.34 Å². The molecule has 1 aliphatic rings. The lowest BCUT2D eigenvalue weighted by molar-refractivity contribution is -0.384. The van der Waals surface area contributed by atoms with Crippen molar-refractivity contribution >= 4 is 62.2 Å². The van der Waals surface area contributed by atoms with E-state index < -0.39 is 11.0 Å². The van der Waals surface area contributed by atoms with Crippen LogP contribution in [0, 0.1) is 10.1 Å². The molecule has 0 saturated carbocycles. The van der Waals surface area contributed by atoms with E-state index in [2.05, 4.69) is 10.1 Å². The van der Waals surface area contributed by atoms with Gasteiger partial charge in [-0.3, -0.25) is 14.9 Å². The van der Waals surface area contributed by atoms with Crippen LogP contribution in [0.25, 0.3) is 10.2 Å². The molecular formula is C24H17ClN4O3S2. The number of fused-ring (bicyclic) bond motifs is 1. The molecule has 0 aliphatic carbocycles. The number of non-ortho nitro benzene ring substituents is 1. The Morgan fingerprint density at radius 3 is 2.74 bits per heavy atom. The molecule has 4 aromatic rings. The molecule has 0 spiro atoms. The molecule has 1 amide bonds. The number of rotatable bonds is 6. The van der Waals surface area contributed by atoms with Gasteiger partial charge >= 0.3 is 0 Å². The van der Waals surface area contributed by atoms with Crippen LogP contribution in [0.15, 0.2) is 82.2 Å². The number of nitrogens with zero attached hydrogens (tertiary/aromatic N) is 4. The lowest BCUT2D eigenvalue weighted by atomic mass is 9.98. The Morgan fingerprint density at radius 2 is 1.94 bits per heavy atom. The van der Waals surface area contributed by atoms with Crippen molar-refractivity contribution in [2.75, 3.05) is 5.75 Å². The van der Waals surface area contributed by atoms with Gasteiger partial charge in [0.25, 0.3) is 11.6 Å². The minimum absolute atomic E-state index is 0.0225. The van der Waals surface area contributed by atoms with Crippen molar-refractivity contribution in [2.24, 2.45) is 5.10 Å². The number of nitro groups is 1. The molecule has 170 valence electrons. The van der Waals surface area contributed by atoms with Crippen molar-refractivity contribution in [1.82, 2.24) is 9.99 Å². The van der Waals surface area contributed by atoms with Crippen molar-refractivity contribution in [3.8, 4) is 0 Å². The Kier molecular flexibility index (Phi) is 6.32. The van der Waals surface area contributed by atoms with Crippen LogP contribution >= 0.6 is 34.7 Å². The summed E-state index contributed by atoms with van der Waals surface area (Å²) in [5.41, 5.74) is 2.88. The van der Waals surface area contributed by atoms with Gasteiger partial charge in [0.2, 0.25) is 0 Å². The van der Waals surface area contributed by atoms with E-state index in [1.54, 1.807) is 29.5 Å². The summed E-state index contributed by atoms with van der Waals surface area (Å²) in [4.78, 5) is 28.7. The van der Waals surface area contributed by atoms with Crippen molar-refractivity contribution in [3.05, 3.63) is 99.1 Å². The molecule has 0 bridgehead atoms. The first-order chi connectivity index (χ1) is 16.5. The number of thioether (sulfide) groups is 1. The second-order valence-corrected chi connectivity index (χ2v) is 10.2. The number of para-hydroxylation sites is 1. The number of benzene rings is 3. The monoisotopic (exact) mass is 508 g/mol. The number of amides is 1. The predicted octanol–water partition coefficient (Wildman–Crippen LogP) is 6.33. The number of aromatic nitrogens is 1. The number of nitro benzene ring substituents is 1. The Morgan fingerprint density at radius 1 is 1.15 bits per heavy atom. The van der Waals surface area contributed by atoms with Crippen molar-refractivity contribution in [2.45, 2.75) is 16.8 Å². The lowest BCUT2D eigenvalue weighted by Gasteiger charge is -2.22. The van der Waals surface area contributed by atoms with Gasteiger partial charge < -0.3 is 0 Å². The van der Waals surface area contributed by atoms with Gasteiger partial charge in [-0.2, -0.15) is 5.10 Å². The van der Waals surface area contributed by atoms with E-state index in [0.717, 1.165) is 20.1 Å². The summed E-state index contributed by atoms with van der Waals surface area (Å²) in [5, 5.41) is 17.8. The number of carbonyl (C=O) groups is 1. The van der Waals surface area contributed by atoms with Crippen molar-refractivity contribution < 1.29 is 9.72 Å². The van der Waals surface area contributed by atoms with E-state index in [1.807, 2.05) is 42.5 Å². The van der Waals surface area contributed by atoms with Crippen LogP contribution < -0.4 is 0 Å². The van der Waals surface area contributed by atoms with Gasteiger partial charge in [-0.15, -0.1) is 11.3 Å². The molecule has 7 nitrogen and oxygen atoms in total. The zero-order valence-corrected chi connectivity index (χ0v) is 20.0. The molecule has 1 atom stereocenters. The Labute approximate surface area is 208 Å². The van der Waals surface area contributed by atoms with Gasteiger partial charge in [-0.25, -0.2) is 9.99 Å². The highest BCUT2D eigenvalue weighted by atomic mass is 35.5. The summed E-state index contributed by atoms with van der Waals surface area (Å²) in [7, 11) is 0. The molecule has 1 aromatic heterocycles. The maximum Gasteiger partial charge on any atom is 0.270 e. The average molecular weight is 509 g/mol. The van der Waals surface area contributed by atoms with Crippen LogP contribution in [0.4, 0.5) is 5.69 Å². The highest BCUT2D eigenvalue weighted by Gasteiger charge is 2.34. The highest BCUT2D eigenvalue weighted by molar-refractivity contribution is 8.01. The number of halogens is 1. The van der Waals surface area contributed by atoms with Crippen LogP contribution in [0.3, 0.4) is 0 Å². The van der Waals surface area contributed by atoms with Gasteiger partial charge in [-0.1, -0.05) is 65.8 Å². The van der Waals surface area contributed by atoms with Gasteiger partial charge in [0.1, 0.15) is 0 Å². The molecule has 5 rings (SSSR count). The number of hydrogen-bond acceptors (Lipinski definition) is 7. The SMILES string of the molecule is O=C(CSc1nc2ccccc2s1)N1N=C(c2cccc([N+](=O)[O-])c2)CC1c1ccccc1Cl. The number of hydrogen-bond donors (Lipinski definition) is 0. The third-order valence-electron chi connectivity index (χ3n) is 5.41. The third kappa shape index (κ3) is 4.54. The van der Waals surface area contributed by atoms with E-state index in [1.165, 1.54) is 28.9 Å². The van der Waals surface area contributed by atoms with E-state index in [0.29, 0.717) is 22.7 Å². The first-order valence-electron chi connectivity index (χ1n) is 10.4. The van der Waals surface area contributed by atoms with E-state index in [4.69, 9.17) is 11.6 Å². The molecule has 0 saturated heterocycles. The lowest BCUT2D eigenvalue weighted by Crippen LogP contribution is -2.28. The van der Waals surface area contributed by atoms with E-state index in [-0.39, 0.29) is 17.3 Å². The fourth-order valence-corrected chi connectivity index (χ4v) is 5.99. The molecule has 1 unspecified atom stereocenters. The first kappa shape index (κ1) is 22.5. The molecule has 34 heavy (non-hydrogen) atoms.